The Morgan fingerprint density at radius 2 is 0.412 bits per heavy atom. The summed E-state index contributed by atoms with van der Waals surface area (Å²) in [6, 6.07) is 73.6. The smallest absolute Gasteiger partial charge is 0.143 e. The van der Waals surface area contributed by atoms with Crippen LogP contribution in [0, 0.1) is 0 Å². The molecule has 0 bridgehead atoms. The molecule has 68 heavy (non-hydrogen) atoms. The number of hydrogen-bond acceptors (Lipinski definition) is 4. The van der Waals surface area contributed by atoms with Gasteiger partial charge in [-0.15, -0.1) is 0 Å². The van der Waals surface area contributed by atoms with Crippen molar-refractivity contribution in [2.45, 2.75) is 0 Å². The first-order valence-electron chi connectivity index (χ1n) is 23.1. The second-order valence-electron chi connectivity index (χ2n) is 18.1. The summed E-state index contributed by atoms with van der Waals surface area (Å²) in [6.07, 6.45) is 0. The molecule has 0 saturated carbocycles. The predicted molar refractivity (Wildman–Crippen MR) is 281 cm³/mol. The molecule has 12 aromatic carbocycles. The van der Waals surface area contributed by atoms with E-state index in [-0.39, 0.29) is 0 Å². The Hall–Kier alpha value is -9.12. The largest absolute Gasteiger partial charge is 0.455 e. The van der Waals surface area contributed by atoms with E-state index in [1.807, 2.05) is 24.3 Å². The minimum absolute atomic E-state index is 0.867. The molecule has 0 atom stereocenters. The minimum atomic E-state index is 0.867. The second kappa shape index (κ2) is 13.3. The minimum Gasteiger partial charge on any atom is -0.455 e. The molecule has 0 saturated heterocycles. The molecule has 0 unspecified atom stereocenters. The first-order chi connectivity index (χ1) is 33.7. The number of rotatable bonds is 4. The van der Waals surface area contributed by atoms with Crippen LogP contribution in [0.5, 0.6) is 0 Å². The molecule has 0 aliphatic rings. The molecule has 4 nitrogen and oxygen atoms in total. The maximum Gasteiger partial charge on any atom is 0.143 e. The first-order valence-corrected chi connectivity index (χ1v) is 23.1. The van der Waals surface area contributed by atoms with Crippen molar-refractivity contribution in [3.05, 3.63) is 206 Å². The van der Waals surface area contributed by atoms with Crippen LogP contribution < -0.4 is 0 Å². The number of fused-ring (bicyclic) bond motifs is 12. The van der Waals surface area contributed by atoms with Crippen molar-refractivity contribution in [2.24, 2.45) is 0 Å². The molecule has 16 rings (SSSR count). The van der Waals surface area contributed by atoms with E-state index in [0.29, 0.717) is 0 Å². The van der Waals surface area contributed by atoms with Crippen LogP contribution in [0.15, 0.2) is 224 Å². The van der Waals surface area contributed by atoms with E-state index in [2.05, 4.69) is 182 Å². The molecule has 0 radical (unpaired) electrons. The fraction of sp³-hybridized carbons (Fsp3) is 0. The molecule has 314 valence electrons. The Bertz CT molecular complexity index is 4200. The lowest BCUT2D eigenvalue weighted by Crippen LogP contribution is -1.95. The van der Waals surface area contributed by atoms with Gasteiger partial charge < -0.3 is 17.7 Å². The fourth-order valence-corrected chi connectivity index (χ4v) is 11.7. The molecule has 0 aliphatic heterocycles. The van der Waals surface area contributed by atoms with Gasteiger partial charge in [-0.2, -0.15) is 0 Å². The van der Waals surface area contributed by atoms with Crippen molar-refractivity contribution in [1.29, 1.82) is 0 Å². The van der Waals surface area contributed by atoms with Gasteiger partial charge in [-0.25, -0.2) is 0 Å². The summed E-state index contributed by atoms with van der Waals surface area (Å²) >= 11 is 0. The monoisotopic (exact) mass is 866 g/mol. The second-order valence-corrected chi connectivity index (χ2v) is 18.1. The van der Waals surface area contributed by atoms with E-state index in [9.17, 15) is 0 Å². The molecule has 4 heteroatoms. The van der Waals surface area contributed by atoms with Gasteiger partial charge in [0.1, 0.15) is 44.7 Å². The van der Waals surface area contributed by atoms with E-state index in [4.69, 9.17) is 17.7 Å². The Kier molecular flexibility index (Phi) is 7.04. The topological polar surface area (TPSA) is 52.6 Å². The van der Waals surface area contributed by atoms with E-state index < -0.39 is 0 Å². The highest BCUT2D eigenvalue weighted by molar-refractivity contribution is 6.34. The maximum atomic E-state index is 6.83. The van der Waals surface area contributed by atoms with Crippen molar-refractivity contribution >= 4 is 120 Å². The van der Waals surface area contributed by atoms with Crippen molar-refractivity contribution in [3.63, 3.8) is 0 Å². The van der Waals surface area contributed by atoms with E-state index in [1.54, 1.807) is 0 Å². The number of para-hydroxylation sites is 8. The summed E-state index contributed by atoms with van der Waals surface area (Å²) in [7, 11) is 0. The highest BCUT2D eigenvalue weighted by atomic mass is 16.3. The maximum absolute atomic E-state index is 6.83. The number of hydrogen-bond donors (Lipinski definition) is 0. The Labute approximate surface area is 386 Å². The zero-order valence-electron chi connectivity index (χ0n) is 36.3. The summed E-state index contributed by atoms with van der Waals surface area (Å²) in [4.78, 5) is 0. The molecule has 0 amide bonds. The number of furan rings is 4. The molecular weight excluding hydrogens is 833 g/mol. The van der Waals surface area contributed by atoms with Gasteiger partial charge in [0.05, 0.1) is 0 Å². The Morgan fingerprint density at radius 3 is 0.676 bits per heavy atom. The van der Waals surface area contributed by atoms with Crippen LogP contribution in [0.4, 0.5) is 0 Å². The van der Waals surface area contributed by atoms with Crippen molar-refractivity contribution in [2.75, 3.05) is 0 Å². The SMILES string of the molecule is c1ccc2c(c1)oc1c(-c3cc(-c4cccc5c4oc4ccccc45)c4ccc5c(-c6cccc7c6oc6ccccc67)cc(-c6cccc7c6oc6ccccc67)c6ccc3c4c65)cccc12. The summed E-state index contributed by atoms with van der Waals surface area (Å²) < 4.78 is 27.3. The highest BCUT2D eigenvalue weighted by Gasteiger charge is 2.26. The molecule has 4 aromatic heterocycles. The molecule has 0 fully saturated rings. The van der Waals surface area contributed by atoms with Crippen molar-refractivity contribution in [1.82, 2.24) is 0 Å². The van der Waals surface area contributed by atoms with Crippen LogP contribution in [0.1, 0.15) is 0 Å². The summed E-state index contributed by atoms with van der Waals surface area (Å²) in [5.41, 5.74) is 15.4. The molecule has 16 aromatic rings. The van der Waals surface area contributed by atoms with Crippen LogP contribution in [0.2, 0.25) is 0 Å². The lowest BCUT2D eigenvalue weighted by atomic mass is 9.81. The molecule has 0 aliphatic carbocycles. The van der Waals surface area contributed by atoms with Gasteiger partial charge in [0, 0.05) is 65.3 Å². The van der Waals surface area contributed by atoms with Crippen LogP contribution in [0.3, 0.4) is 0 Å². The third-order valence-corrected chi connectivity index (χ3v) is 14.7. The van der Waals surface area contributed by atoms with E-state index in [0.717, 1.165) is 154 Å². The summed E-state index contributed by atoms with van der Waals surface area (Å²) in [6.45, 7) is 0. The highest BCUT2D eigenvalue weighted by Crippen LogP contribution is 2.52. The van der Waals surface area contributed by atoms with Crippen LogP contribution in [-0.4, -0.2) is 0 Å². The average Bonchev–Trinajstić information content (AvgIpc) is 4.18. The quantitative estimate of drug-likeness (QED) is 0.165. The van der Waals surface area contributed by atoms with Crippen LogP contribution in [0.25, 0.3) is 165 Å². The van der Waals surface area contributed by atoms with Gasteiger partial charge in [-0.3, -0.25) is 0 Å². The van der Waals surface area contributed by atoms with Gasteiger partial charge in [0.25, 0.3) is 0 Å². The van der Waals surface area contributed by atoms with Gasteiger partial charge in [0.15, 0.2) is 0 Å². The normalized spacial score (nSPS) is 12.4. The van der Waals surface area contributed by atoms with E-state index >= 15 is 0 Å². The van der Waals surface area contributed by atoms with Crippen LogP contribution in [-0.2, 0) is 0 Å². The molecule has 4 heterocycles. The van der Waals surface area contributed by atoms with Gasteiger partial charge in [-0.05, 0) is 91.0 Å². The molecular formula is C64H34O4. The standard InChI is InChI=1S/C64H34O4/c1-5-25-55-35(13-1)43-17-9-21-47(61(43)65-55)51-33-52(48-22-10-18-44-36-14-2-6-26-56(36)66-62(44)48)40-31-32-42-54(50-24-12-20-46-38-16-4-8-28-58(38)68-64(46)50)34-53(41-30-29-39(51)59(40)60(41)42)49-23-11-19-45-37-15-3-7-27-57(37)67-63(45)49/h1-34H. The third kappa shape index (κ3) is 4.77. The van der Waals surface area contributed by atoms with Crippen LogP contribution >= 0.6 is 0 Å². The zero-order valence-corrected chi connectivity index (χ0v) is 36.3. The van der Waals surface area contributed by atoms with Gasteiger partial charge in [0.2, 0.25) is 0 Å². The van der Waals surface area contributed by atoms with E-state index in [1.165, 1.54) is 10.8 Å². The Balaban J connectivity index is 1.10. The first kappa shape index (κ1) is 36.1. The van der Waals surface area contributed by atoms with Gasteiger partial charge in [-0.1, -0.05) is 170 Å². The fourth-order valence-electron chi connectivity index (χ4n) is 11.7. The summed E-state index contributed by atoms with van der Waals surface area (Å²) in [5.74, 6) is 0. The molecule has 0 spiro atoms. The zero-order chi connectivity index (χ0) is 44.2. The predicted octanol–water partition coefficient (Wildman–Crippen LogP) is 18.8. The van der Waals surface area contributed by atoms with Gasteiger partial charge >= 0.3 is 0 Å². The third-order valence-electron chi connectivity index (χ3n) is 14.7. The lowest BCUT2D eigenvalue weighted by molar-refractivity contribution is 0.669. The average molecular weight is 867 g/mol. The summed E-state index contributed by atoms with van der Waals surface area (Å²) in [5, 5.41) is 15.7. The Morgan fingerprint density at radius 1 is 0.176 bits per heavy atom. The number of benzene rings is 12. The lowest BCUT2D eigenvalue weighted by Gasteiger charge is -2.21. The molecule has 0 N–H and O–H groups in total. The van der Waals surface area contributed by atoms with Crippen molar-refractivity contribution in [3.8, 4) is 44.5 Å². The van der Waals surface area contributed by atoms with Crippen molar-refractivity contribution < 1.29 is 17.7 Å².